The van der Waals surface area contributed by atoms with Gasteiger partial charge in [0.2, 0.25) is 0 Å². The number of amides is 1. The van der Waals surface area contributed by atoms with Crippen molar-refractivity contribution in [2.24, 2.45) is 0 Å². The molecule has 24 heavy (non-hydrogen) atoms. The third kappa shape index (κ3) is 3.73. The highest BCUT2D eigenvalue weighted by molar-refractivity contribution is 5.94. The van der Waals surface area contributed by atoms with E-state index in [2.05, 4.69) is 4.90 Å². The third-order valence-electron chi connectivity index (χ3n) is 5.38. The minimum absolute atomic E-state index is 0.115. The topological polar surface area (TPSA) is 42.0 Å². The molecule has 1 saturated carbocycles. The van der Waals surface area contributed by atoms with Crippen LogP contribution in [0.1, 0.15) is 36.0 Å². The smallest absolute Gasteiger partial charge is 0.253 e. The van der Waals surface area contributed by atoms with Crippen molar-refractivity contribution in [3.8, 4) is 5.75 Å². The average molecular weight is 332 g/mol. The van der Waals surface area contributed by atoms with Crippen LogP contribution in [0.25, 0.3) is 0 Å². The van der Waals surface area contributed by atoms with E-state index in [1.54, 1.807) is 7.11 Å². The van der Waals surface area contributed by atoms with Crippen LogP contribution in [-0.4, -0.2) is 68.3 Å². The number of piperazine rings is 1. The number of hydrogen-bond donors (Lipinski definition) is 0. The van der Waals surface area contributed by atoms with Crippen LogP contribution in [0.15, 0.2) is 24.3 Å². The molecular weight excluding hydrogens is 304 g/mol. The highest BCUT2D eigenvalue weighted by Gasteiger charge is 2.33. The molecule has 2 fully saturated rings. The normalized spacial score (nSPS) is 25.5. The van der Waals surface area contributed by atoms with Crippen molar-refractivity contribution in [2.75, 3.05) is 40.4 Å². The van der Waals surface area contributed by atoms with E-state index in [4.69, 9.17) is 9.47 Å². The van der Waals surface area contributed by atoms with Crippen LogP contribution in [0.2, 0.25) is 0 Å². The highest BCUT2D eigenvalue weighted by atomic mass is 16.5. The Morgan fingerprint density at radius 2 is 1.67 bits per heavy atom. The molecule has 1 heterocycles. The molecule has 0 spiro atoms. The maximum atomic E-state index is 12.6. The van der Waals surface area contributed by atoms with E-state index in [0.717, 1.165) is 43.9 Å². The maximum absolute atomic E-state index is 12.6. The van der Waals surface area contributed by atoms with Crippen molar-refractivity contribution >= 4 is 5.91 Å². The van der Waals surface area contributed by atoms with Crippen molar-refractivity contribution in [1.29, 1.82) is 0 Å². The molecule has 1 amide bonds. The Morgan fingerprint density at radius 3 is 2.29 bits per heavy atom. The molecular formula is C19H28N2O3. The van der Waals surface area contributed by atoms with Gasteiger partial charge < -0.3 is 14.4 Å². The lowest BCUT2D eigenvalue weighted by Gasteiger charge is -2.43. The molecule has 1 aliphatic heterocycles. The summed E-state index contributed by atoms with van der Waals surface area (Å²) >= 11 is 0. The lowest BCUT2D eigenvalue weighted by molar-refractivity contribution is -0.0249. The lowest BCUT2D eigenvalue weighted by Crippen LogP contribution is -2.55. The minimum atomic E-state index is 0.115. The van der Waals surface area contributed by atoms with Gasteiger partial charge in [0.05, 0.1) is 13.2 Å². The molecule has 5 nitrogen and oxygen atoms in total. The van der Waals surface area contributed by atoms with Crippen LogP contribution in [0, 0.1) is 0 Å². The van der Waals surface area contributed by atoms with Gasteiger partial charge in [-0.1, -0.05) is 12.8 Å². The van der Waals surface area contributed by atoms with Crippen molar-refractivity contribution in [2.45, 2.75) is 37.8 Å². The first-order valence-electron chi connectivity index (χ1n) is 8.93. The Kier molecular flexibility index (Phi) is 5.74. The van der Waals surface area contributed by atoms with Gasteiger partial charge >= 0.3 is 0 Å². The molecule has 0 bridgehead atoms. The molecule has 1 aliphatic carbocycles. The van der Waals surface area contributed by atoms with Crippen molar-refractivity contribution in [3.63, 3.8) is 0 Å². The minimum Gasteiger partial charge on any atom is -0.497 e. The van der Waals surface area contributed by atoms with Crippen molar-refractivity contribution < 1.29 is 14.3 Å². The monoisotopic (exact) mass is 332 g/mol. The number of rotatable bonds is 4. The number of carbonyl (C=O) groups is 1. The van der Waals surface area contributed by atoms with E-state index in [0.29, 0.717) is 12.1 Å². The van der Waals surface area contributed by atoms with Gasteiger partial charge in [-0.05, 0) is 37.1 Å². The first-order chi connectivity index (χ1) is 11.7. The summed E-state index contributed by atoms with van der Waals surface area (Å²) in [6, 6.07) is 7.89. The van der Waals surface area contributed by atoms with Gasteiger partial charge in [-0.2, -0.15) is 0 Å². The molecule has 2 unspecified atom stereocenters. The molecule has 5 heteroatoms. The number of benzene rings is 1. The van der Waals surface area contributed by atoms with E-state index in [1.165, 1.54) is 19.3 Å². The van der Waals surface area contributed by atoms with Gasteiger partial charge in [0.1, 0.15) is 5.75 Å². The van der Waals surface area contributed by atoms with E-state index in [-0.39, 0.29) is 5.91 Å². The quantitative estimate of drug-likeness (QED) is 0.849. The summed E-state index contributed by atoms with van der Waals surface area (Å²) in [6.45, 7) is 3.45. The van der Waals surface area contributed by atoms with Gasteiger partial charge in [0, 0.05) is 44.9 Å². The third-order valence-corrected chi connectivity index (χ3v) is 5.38. The number of nitrogens with zero attached hydrogens (tertiary/aromatic N) is 2. The fourth-order valence-electron chi connectivity index (χ4n) is 3.94. The summed E-state index contributed by atoms with van der Waals surface area (Å²) < 4.78 is 10.8. The number of hydrogen-bond acceptors (Lipinski definition) is 4. The summed E-state index contributed by atoms with van der Waals surface area (Å²) in [5, 5.41) is 0. The number of methoxy groups -OCH3 is 2. The maximum Gasteiger partial charge on any atom is 0.253 e. The van der Waals surface area contributed by atoms with Gasteiger partial charge in [-0.25, -0.2) is 0 Å². The summed E-state index contributed by atoms with van der Waals surface area (Å²) in [5.74, 6) is 0.892. The first kappa shape index (κ1) is 17.2. The fourth-order valence-corrected chi connectivity index (χ4v) is 3.94. The average Bonchev–Trinajstić information content (AvgIpc) is 2.67. The van der Waals surface area contributed by atoms with Gasteiger partial charge in [-0.15, -0.1) is 0 Å². The molecule has 0 radical (unpaired) electrons. The number of carbonyl (C=O) groups excluding carboxylic acids is 1. The predicted molar refractivity (Wildman–Crippen MR) is 93.5 cm³/mol. The molecule has 2 atom stereocenters. The van der Waals surface area contributed by atoms with Crippen LogP contribution in [-0.2, 0) is 4.74 Å². The van der Waals surface area contributed by atoms with Gasteiger partial charge in [-0.3, -0.25) is 9.69 Å². The Bertz CT molecular complexity index is 538. The second-order valence-electron chi connectivity index (χ2n) is 6.68. The Labute approximate surface area is 144 Å². The van der Waals surface area contributed by atoms with Gasteiger partial charge in [0.15, 0.2) is 0 Å². The van der Waals surface area contributed by atoms with E-state index >= 15 is 0 Å². The molecule has 132 valence electrons. The summed E-state index contributed by atoms with van der Waals surface area (Å²) in [5.41, 5.74) is 0.733. The predicted octanol–water partition coefficient (Wildman–Crippen LogP) is 2.41. The first-order valence-corrected chi connectivity index (χ1v) is 8.93. The van der Waals surface area contributed by atoms with Crippen LogP contribution in [0.4, 0.5) is 0 Å². The largest absolute Gasteiger partial charge is 0.497 e. The summed E-state index contributed by atoms with van der Waals surface area (Å²) in [7, 11) is 3.46. The van der Waals surface area contributed by atoms with Crippen LogP contribution in [0.5, 0.6) is 5.75 Å². The van der Waals surface area contributed by atoms with Crippen molar-refractivity contribution in [1.82, 2.24) is 9.80 Å². The number of ether oxygens (including phenoxy) is 2. The SMILES string of the molecule is COc1ccc(C(=O)N2CCN(C3CCCCC3OC)CC2)cc1. The van der Waals surface area contributed by atoms with Crippen LogP contribution in [0.3, 0.4) is 0 Å². The zero-order valence-corrected chi connectivity index (χ0v) is 14.7. The van der Waals surface area contributed by atoms with E-state index < -0.39 is 0 Å². The molecule has 1 saturated heterocycles. The summed E-state index contributed by atoms with van der Waals surface area (Å²) in [6.07, 6.45) is 5.28. The molecule has 0 aromatic heterocycles. The van der Waals surface area contributed by atoms with E-state index in [9.17, 15) is 4.79 Å². The molecule has 1 aromatic rings. The highest BCUT2D eigenvalue weighted by Crippen LogP contribution is 2.26. The zero-order chi connectivity index (χ0) is 16.9. The van der Waals surface area contributed by atoms with Crippen LogP contribution >= 0.6 is 0 Å². The molecule has 3 rings (SSSR count). The second kappa shape index (κ2) is 7.99. The molecule has 1 aromatic carbocycles. The zero-order valence-electron chi connectivity index (χ0n) is 14.7. The Balaban J connectivity index is 1.56. The van der Waals surface area contributed by atoms with Crippen LogP contribution < -0.4 is 4.74 Å². The molecule has 2 aliphatic rings. The molecule has 0 N–H and O–H groups in total. The Hall–Kier alpha value is -1.59. The second-order valence-corrected chi connectivity index (χ2v) is 6.68. The lowest BCUT2D eigenvalue weighted by atomic mass is 9.90. The fraction of sp³-hybridized carbons (Fsp3) is 0.632. The van der Waals surface area contributed by atoms with Crippen molar-refractivity contribution in [3.05, 3.63) is 29.8 Å². The van der Waals surface area contributed by atoms with E-state index in [1.807, 2.05) is 36.3 Å². The summed E-state index contributed by atoms with van der Waals surface area (Å²) in [4.78, 5) is 17.1. The van der Waals surface area contributed by atoms with Gasteiger partial charge in [0.25, 0.3) is 5.91 Å². The Morgan fingerprint density at radius 1 is 1.00 bits per heavy atom. The standard InChI is InChI=1S/C19H28N2O3/c1-23-16-9-7-15(8-10-16)19(22)21-13-11-20(12-14-21)17-5-3-4-6-18(17)24-2/h7-10,17-18H,3-6,11-14H2,1-2H3.